The van der Waals surface area contributed by atoms with Crippen LogP contribution in [0.2, 0.25) is 0 Å². The topological polar surface area (TPSA) is 108 Å². The van der Waals surface area contributed by atoms with E-state index < -0.39 is 18.5 Å². The first kappa shape index (κ1) is 19.4. The number of H-pyrrole nitrogens is 1. The molecule has 0 fully saturated rings. The Morgan fingerprint density at radius 1 is 1.03 bits per heavy atom. The van der Waals surface area contributed by atoms with Crippen LogP contribution in [0.1, 0.15) is 22.9 Å². The van der Waals surface area contributed by atoms with Crippen LogP contribution in [0.25, 0.3) is 16.6 Å². The summed E-state index contributed by atoms with van der Waals surface area (Å²) in [7, 11) is 0. The number of nitrogens with zero attached hydrogens (tertiary/aromatic N) is 2. The van der Waals surface area contributed by atoms with Crippen molar-refractivity contribution >= 4 is 22.6 Å². The van der Waals surface area contributed by atoms with E-state index in [4.69, 9.17) is 9.47 Å². The van der Waals surface area contributed by atoms with Gasteiger partial charge in [0.2, 0.25) is 0 Å². The molecule has 7 heteroatoms. The van der Waals surface area contributed by atoms with Crippen molar-refractivity contribution in [2.24, 2.45) is 0 Å². The zero-order valence-electron chi connectivity index (χ0n) is 16.8. The van der Waals surface area contributed by atoms with Crippen LogP contribution in [0.3, 0.4) is 0 Å². The van der Waals surface area contributed by atoms with E-state index in [1.165, 1.54) is 0 Å². The fraction of sp³-hybridized carbons (Fsp3) is 0.0800. The number of allylic oxidation sites excluding steroid dienone is 1. The molecule has 2 N–H and O–H groups in total. The van der Waals surface area contributed by atoms with E-state index >= 15 is 0 Å². The van der Waals surface area contributed by atoms with Gasteiger partial charge in [-0.15, -0.1) is 0 Å². The van der Waals surface area contributed by atoms with Gasteiger partial charge < -0.3 is 19.6 Å². The molecule has 0 saturated heterocycles. The van der Waals surface area contributed by atoms with Crippen molar-refractivity contribution in [3.63, 3.8) is 0 Å². The molecule has 0 atom stereocenters. The number of imidazole rings is 1. The third-order valence-electron chi connectivity index (χ3n) is 5.29. The predicted molar refractivity (Wildman–Crippen MR) is 117 cm³/mol. The quantitative estimate of drug-likeness (QED) is 0.276. The van der Waals surface area contributed by atoms with Gasteiger partial charge in [-0.3, -0.25) is 4.79 Å². The number of rotatable bonds is 4. The number of para-hydroxylation sites is 4. The Kier molecular flexibility index (Phi) is 4.81. The summed E-state index contributed by atoms with van der Waals surface area (Å²) in [5.74, 6) is -0.277. The van der Waals surface area contributed by atoms with Crippen LogP contribution >= 0.6 is 0 Å². The fourth-order valence-electron chi connectivity index (χ4n) is 3.78. The molecule has 32 heavy (non-hydrogen) atoms. The van der Waals surface area contributed by atoms with Gasteiger partial charge in [0.25, 0.3) is 0 Å². The Morgan fingerprint density at radius 2 is 1.66 bits per heavy atom. The van der Waals surface area contributed by atoms with E-state index in [1.54, 1.807) is 18.2 Å². The first-order valence-corrected chi connectivity index (χ1v) is 9.95. The molecule has 7 nitrogen and oxygen atoms in total. The smallest absolute Gasteiger partial charge is 0.318 e. The average Bonchev–Trinajstić information content (AvgIpc) is 3.25. The number of hydrogen-bond acceptors (Lipinski definition) is 6. The van der Waals surface area contributed by atoms with E-state index in [1.807, 2.05) is 60.7 Å². The van der Waals surface area contributed by atoms with Crippen molar-refractivity contribution < 1.29 is 19.4 Å². The lowest BCUT2D eigenvalue weighted by atomic mass is 9.88. The van der Waals surface area contributed by atoms with E-state index in [-0.39, 0.29) is 17.2 Å². The van der Waals surface area contributed by atoms with Crippen LogP contribution in [0.5, 0.6) is 11.5 Å². The summed E-state index contributed by atoms with van der Waals surface area (Å²) in [5, 5.41) is 20.1. The molecule has 4 aromatic rings. The molecular weight excluding hydrogens is 406 g/mol. The normalized spacial score (nSPS) is 13.3. The summed E-state index contributed by atoms with van der Waals surface area (Å²) in [4.78, 5) is 20.4. The van der Waals surface area contributed by atoms with E-state index in [0.717, 1.165) is 5.52 Å². The number of nitrogens with one attached hydrogen (secondary N) is 1. The van der Waals surface area contributed by atoms with E-state index in [9.17, 15) is 15.2 Å². The fourth-order valence-corrected chi connectivity index (χ4v) is 3.78. The summed E-state index contributed by atoms with van der Waals surface area (Å²) in [6.45, 7) is -0.458. The number of nitriles is 1. The summed E-state index contributed by atoms with van der Waals surface area (Å²) in [6, 6.07) is 23.7. The van der Waals surface area contributed by atoms with Crippen LogP contribution < -0.4 is 4.74 Å². The minimum absolute atomic E-state index is 0.0817. The standard InChI is InChI=1S/C25H17N3O4/c26-13-17(24-27-18-9-3-4-10-19(18)28-24)20(29)14-31-25(30)23-15-7-1-5-11-21(15)32-22-12-6-2-8-16(22)23/h1-12,23,29H,14H2,(H,27,28). The average molecular weight is 423 g/mol. The maximum atomic E-state index is 13.1. The predicted octanol–water partition coefficient (Wildman–Crippen LogP) is 4.84. The molecule has 0 radical (unpaired) electrons. The molecule has 156 valence electrons. The SMILES string of the molecule is N#CC(=C(O)COC(=O)C1c2ccccc2Oc2ccccc21)c1nc2ccccc2[nH]1. The van der Waals surface area contributed by atoms with Crippen molar-refractivity contribution in [2.45, 2.75) is 5.92 Å². The second-order valence-corrected chi connectivity index (χ2v) is 7.25. The number of carbonyl (C=O) groups excluding carboxylic acids is 1. The van der Waals surface area contributed by atoms with Crippen LogP contribution in [-0.4, -0.2) is 27.7 Å². The molecule has 0 unspecified atom stereocenters. The van der Waals surface area contributed by atoms with Crippen LogP contribution in [0, 0.1) is 11.3 Å². The molecule has 1 aliphatic rings. The largest absolute Gasteiger partial charge is 0.507 e. The highest BCUT2D eigenvalue weighted by molar-refractivity contribution is 5.86. The zero-order chi connectivity index (χ0) is 22.1. The van der Waals surface area contributed by atoms with E-state index in [0.29, 0.717) is 28.1 Å². The van der Waals surface area contributed by atoms with Gasteiger partial charge in [-0.2, -0.15) is 5.26 Å². The molecule has 0 aliphatic carbocycles. The van der Waals surface area contributed by atoms with Crippen molar-refractivity contribution in [2.75, 3.05) is 6.61 Å². The van der Waals surface area contributed by atoms with Gasteiger partial charge >= 0.3 is 5.97 Å². The molecule has 0 bridgehead atoms. The molecular formula is C25H17N3O4. The van der Waals surface area contributed by atoms with Gasteiger partial charge in [-0.25, -0.2) is 4.98 Å². The molecule has 1 aliphatic heterocycles. The highest BCUT2D eigenvalue weighted by atomic mass is 16.5. The highest BCUT2D eigenvalue weighted by Crippen LogP contribution is 2.44. The second kappa shape index (κ2) is 7.93. The van der Waals surface area contributed by atoms with Crippen LogP contribution in [-0.2, 0) is 9.53 Å². The number of aromatic nitrogens is 2. The number of aliphatic hydroxyl groups excluding tert-OH is 1. The summed E-state index contributed by atoms with van der Waals surface area (Å²) >= 11 is 0. The monoisotopic (exact) mass is 423 g/mol. The lowest BCUT2D eigenvalue weighted by Crippen LogP contribution is -2.22. The number of benzene rings is 3. The Balaban J connectivity index is 1.43. The third-order valence-corrected chi connectivity index (χ3v) is 5.29. The minimum Gasteiger partial charge on any atom is -0.507 e. The first-order valence-electron chi connectivity index (χ1n) is 9.95. The van der Waals surface area contributed by atoms with Gasteiger partial charge in [-0.1, -0.05) is 48.5 Å². The number of hydrogen-bond donors (Lipinski definition) is 2. The second-order valence-electron chi connectivity index (χ2n) is 7.25. The van der Waals surface area contributed by atoms with Crippen molar-refractivity contribution in [1.29, 1.82) is 5.26 Å². The zero-order valence-corrected chi connectivity index (χ0v) is 16.8. The van der Waals surface area contributed by atoms with E-state index in [2.05, 4.69) is 9.97 Å². The number of esters is 1. The van der Waals surface area contributed by atoms with Crippen molar-refractivity contribution in [1.82, 2.24) is 9.97 Å². The Labute approximate surface area is 183 Å². The number of aromatic amines is 1. The number of aliphatic hydroxyl groups is 1. The van der Waals surface area contributed by atoms with Gasteiger partial charge in [0.15, 0.2) is 11.6 Å². The van der Waals surface area contributed by atoms with Gasteiger partial charge in [0, 0.05) is 11.1 Å². The Hall–Kier alpha value is -4.57. The highest BCUT2D eigenvalue weighted by Gasteiger charge is 2.33. The molecule has 0 saturated carbocycles. The molecule has 1 aromatic heterocycles. The molecule has 2 heterocycles. The minimum atomic E-state index is -0.708. The number of ether oxygens (including phenoxy) is 2. The van der Waals surface area contributed by atoms with Crippen LogP contribution in [0.4, 0.5) is 0 Å². The molecule has 0 spiro atoms. The van der Waals surface area contributed by atoms with Crippen molar-refractivity contribution in [3.05, 3.63) is 95.5 Å². The molecule has 0 amide bonds. The van der Waals surface area contributed by atoms with Crippen LogP contribution in [0.15, 0.2) is 78.6 Å². The Morgan fingerprint density at radius 3 is 2.31 bits per heavy atom. The third kappa shape index (κ3) is 3.34. The summed E-state index contributed by atoms with van der Waals surface area (Å²) < 4.78 is 11.3. The van der Waals surface area contributed by atoms with Gasteiger partial charge in [0.1, 0.15) is 35.7 Å². The first-order chi connectivity index (χ1) is 15.7. The maximum absolute atomic E-state index is 13.1. The summed E-state index contributed by atoms with van der Waals surface area (Å²) in [6.07, 6.45) is 0. The molecule has 5 rings (SSSR count). The number of fused-ring (bicyclic) bond motifs is 3. The van der Waals surface area contributed by atoms with Gasteiger partial charge in [-0.05, 0) is 24.3 Å². The Bertz CT molecular complexity index is 1340. The lowest BCUT2D eigenvalue weighted by molar-refractivity contribution is -0.144. The lowest BCUT2D eigenvalue weighted by Gasteiger charge is -2.26. The summed E-state index contributed by atoms with van der Waals surface area (Å²) in [5.41, 5.74) is 2.67. The maximum Gasteiger partial charge on any atom is 0.318 e. The van der Waals surface area contributed by atoms with Crippen molar-refractivity contribution in [3.8, 4) is 17.6 Å². The van der Waals surface area contributed by atoms with Gasteiger partial charge in [0.05, 0.1) is 11.0 Å². The number of carbonyl (C=O) groups is 1. The molecule has 3 aromatic carbocycles.